The van der Waals surface area contributed by atoms with E-state index in [4.69, 9.17) is 5.11 Å². The van der Waals surface area contributed by atoms with Crippen molar-refractivity contribution in [1.29, 1.82) is 0 Å². The fourth-order valence-electron chi connectivity index (χ4n) is 2.18. The highest BCUT2D eigenvalue weighted by atomic mass is 16.6. The number of hydrogen-bond donors (Lipinski definition) is 1. The summed E-state index contributed by atoms with van der Waals surface area (Å²) in [7, 11) is 0. The smallest absolute Gasteiger partial charge is 0.305 e. The van der Waals surface area contributed by atoms with Crippen LogP contribution in [-0.2, 0) is 0 Å². The van der Waals surface area contributed by atoms with Crippen molar-refractivity contribution >= 4 is 11.6 Å². The molecule has 0 saturated carbocycles. The molecule has 7 nitrogen and oxygen atoms in total. The Kier molecular flexibility index (Phi) is 4.03. The lowest BCUT2D eigenvalue weighted by molar-refractivity contribution is -0.385. The lowest BCUT2D eigenvalue weighted by atomic mass is 9.94. The standard InChI is InChI=1S/C11H16N4O3/c16-6-3-9-1-4-14(5-2-9)11-12-7-10(8-13-11)15(17)18/h7-9,16H,1-6H2. The molecule has 18 heavy (non-hydrogen) atoms. The summed E-state index contributed by atoms with van der Waals surface area (Å²) in [4.78, 5) is 20.1. The van der Waals surface area contributed by atoms with Crippen molar-refractivity contribution in [2.24, 2.45) is 5.92 Å². The summed E-state index contributed by atoms with van der Waals surface area (Å²) in [6.45, 7) is 1.91. The fourth-order valence-corrected chi connectivity index (χ4v) is 2.18. The van der Waals surface area contributed by atoms with Crippen LogP contribution in [-0.4, -0.2) is 39.7 Å². The first kappa shape index (κ1) is 12.7. The first-order valence-corrected chi connectivity index (χ1v) is 6.03. The number of aromatic nitrogens is 2. The van der Waals surface area contributed by atoms with Crippen LogP contribution >= 0.6 is 0 Å². The average Bonchev–Trinajstić information content (AvgIpc) is 2.40. The molecule has 2 heterocycles. The van der Waals surface area contributed by atoms with Crippen LogP contribution in [0.1, 0.15) is 19.3 Å². The first-order valence-electron chi connectivity index (χ1n) is 6.03. The summed E-state index contributed by atoms with van der Waals surface area (Å²) in [5, 5.41) is 19.4. The molecule has 1 aromatic rings. The molecule has 1 aromatic heterocycles. The van der Waals surface area contributed by atoms with Gasteiger partial charge in [0.2, 0.25) is 5.95 Å². The summed E-state index contributed by atoms with van der Waals surface area (Å²) in [6.07, 6.45) is 5.32. The van der Waals surface area contributed by atoms with Crippen LogP contribution in [0.5, 0.6) is 0 Å². The van der Waals surface area contributed by atoms with E-state index in [1.807, 2.05) is 4.90 Å². The zero-order valence-corrected chi connectivity index (χ0v) is 10.0. The van der Waals surface area contributed by atoms with Crippen LogP contribution in [0, 0.1) is 16.0 Å². The molecule has 1 aliphatic heterocycles. The van der Waals surface area contributed by atoms with Gasteiger partial charge in [0.05, 0.1) is 4.92 Å². The van der Waals surface area contributed by atoms with Crippen LogP contribution in [0.4, 0.5) is 11.6 Å². The molecule has 0 unspecified atom stereocenters. The highest BCUT2D eigenvalue weighted by Crippen LogP contribution is 2.23. The van der Waals surface area contributed by atoms with Crippen molar-refractivity contribution in [2.75, 3.05) is 24.6 Å². The second kappa shape index (κ2) is 5.72. The van der Waals surface area contributed by atoms with E-state index in [0.29, 0.717) is 11.9 Å². The minimum Gasteiger partial charge on any atom is -0.396 e. The van der Waals surface area contributed by atoms with E-state index in [1.165, 1.54) is 12.4 Å². The maximum atomic E-state index is 10.5. The SMILES string of the molecule is O=[N+]([O-])c1cnc(N2CCC(CCO)CC2)nc1. The zero-order valence-electron chi connectivity index (χ0n) is 10.0. The third-order valence-electron chi connectivity index (χ3n) is 3.27. The molecular weight excluding hydrogens is 236 g/mol. The highest BCUT2D eigenvalue weighted by molar-refractivity contribution is 5.34. The minimum atomic E-state index is -0.503. The Hall–Kier alpha value is -1.76. The van der Waals surface area contributed by atoms with Gasteiger partial charge in [-0.1, -0.05) is 0 Å². The van der Waals surface area contributed by atoms with E-state index in [1.54, 1.807) is 0 Å². The van der Waals surface area contributed by atoms with Crippen molar-refractivity contribution in [1.82, 2.24) is 9.97 Å². The van der Waals surface area contributed by atoms with Crippen LogP contribution in [0.3, 0.4) is 0 Å². The normalized spacial score (nSPS) is 16.8. The molecule has 2 rings (SSSR count). The predicted molar refractivity (Wildman–Crippen MR) is 65.3 cm³/mol. The molecule has 98 valence electrons. The monoisotopic (exact) mass is 252 g/mol. The van der Waals surface area contributed by atoms with Crippen molar-refractivity contribution in [3.8, 4) is 0 Å². The highest BCUT2D eigenvalue weighted by Gasteiger charge is 2.21. The first-order chi connectivity index (χ1) is 8.70. The zero-order chi connectivity index (χ0) is 13.0. The number of rotatable bonds is 4. The fraction of sp³-hybridized carbons (Fsp3) is 0.636. The van der Waals surface area contributed by atoms with Gasteiger partial charge in [-0.05, 0) is 25.2 Å². The molecule has 1 saturated heterocycles. The van der Waals surface area contributed by atoms with Crippen molar-refractivity contribution < 1.29 is 10.0 Å². The van der Waals surface area contributed by atoms with Crippen LogP contribution in [0.25, 0.3) is 0 Å². The number of anilines is 1. The Balaban J connectivity index is 1.95. The van der Waals surface area contributed by atoms with E-state index in [9.17, 15) is 10.1 Å². The molecule has 0 atom stereocenters. The minimum absolute atomic E-state index is 0.0890. The van der Waals surface area contributed by atoms with Gasteiger partial charge in [0.25, 0.3) is 0 Å². The van der Waals surface area contributed by atoms with E-state index in [-0.39, 0.29) is 12.3 Å². The average molecular weight is 252 g/mol. The molecule has 0 amide bonds. The molecule has 0 radical (unpaired) electrons. The van der Waals surface area contributed by atoms with Crippen LogP contribution < -0.4 is 4.90 Å². The van der Waals surface area contributed by atoms with E-state index < -0.39 is 4.92 Å². The summed E-state index contributed by atoms with van der Waals surface area (Å²) in [5.74, 6) is 1.10. The summed E-state index contributed by atoms with van der Waals surface area (Å²) < 4.78 is 0. The summed E-state index contributed by atoms with van der Waals surface area (Å²) >= 11 is 0. The van der Waals surface area contributed by atoms with Gasteiger partial charge in [0.15, 0.2) is 0 Å². The second-order valence-corrected chi connectivity index (χ2v) is 4.44. The second-order valence-electron chi connectivity index (χ2n) is 4.44. The Morgan fingerprint density at radius 1 is 1.39 bits per heavy atom. The van der Waals surface area contributed by atoms with Crippen molar-refractivity contribution in [2.45, 2.75) is 19.3 Å². The molecule has 7 heteroatoms. The third-order valence-corrected chi connectivity index (χ3v) is 3.27. The number of nitro groups is 1. The Labute approximate surface area is 105 Å². The number of aliphatic hydroxyl groups excluding tert-OH is 1. The van der Waals surface area contributed by atoms with E-state index in [2.05, 4.69) is 9.97 Å². The topological polar surface area (TPSA) is 92.4 Å². The van der Waals surface area contributed by atoms with Gasteiger partial charge in [-0.25, -0.2) is 9.97 Å². The van der Waals surface area contributed by atoms with Gasteiger partial charge >= 0.3 is 5.69 Å². The summed E-state index contributed by atoms with van der Waals surface area (Å²) in [6, 6.07) is 0. The summed E-state index contributed by atoms with van der Waals surface area (Å²) in [5.41, 5.74) is -0.0890. The molecule has 0 aliphatic carbocycles. The Bertz CT molecular complexity index is 401. The molecule has 0 aromatic carbocycles. The molecular formula is C11H16N4O3. The van der Waals surface area contributed by atoms with Crippen molar-refractivity contribution in [3.63, 3.8) is 0 Å². The lowest BCUT2D eigenvalue weighted by Gasteiger charge is -2.31. The lowest BCUT2D eigenvalue weighted by Crippen LogP contribution is -2.35. The maximum absolute atomic E-state index is 10.5. The van der Waals surface area contributed by atoms with Gasteiger partial charge in [-0.3, -0.25) is 10.1 Å². The number of aliphatic hydroxyl groups is 1. The molecule has 1 aliphatic rings. The molecule has 0 spiro atoms. The molecule has 1 N–H and O–H groups in total. The maximum Gasteiger partial charge on any atom is 0.305 e. The van der Waals surface area contributed by atoms with Crippen molar-refractivity contribution in [3.05, 3.63) is 22.5 Å². The molecule has 1 fully saturated rings. The number of nitrogens with zero attached hydrogens (tertiary/aromatic N) is 4. The van der Waals surface area contributed by atoms with Gasteiger partial charge < -0.3 is 10.0 Å². The van der Waals surface area contributed by atoms with Crippen LogP contribution in [0.2, 0.25) is 0 Å². The predicted octanol–water partition coefficient (Wildman–Crippen LogP) is 0.984. The third kappa shape index (κ3) is 2.92. The number of piperidine rings is 1. The van der Waals surface area contributed by atoms with Gasteiger partial charge in [0.1, 0.15) is 12.4 Å². The Morgan fingerprint density at radius 3 is 2.50 bits per heavy atom. The Morgan fingerprint density at radius 2 is 2.00 bits per heavy atom. The van der Waals surface area contributed by atoms with Gasteiger partial charge in [-0.2, -0.15) is 0 Å². The van der Waals surface area contributed by atoms with Crippen LogP contribution in [0.15, 0.2) is 12.4 Å². The van der Waals surface area contributed by atoms with Gasteiger partial charge in [-0.15, -0.1) is 0 Å². The molecule has 0 bridgehead atoms. The van der Waals surface area contributed by atoms with E-state index >= 15 is 0 Å². The van der Waals surface area contributed by atoms with Gasteiger partial charge in [0, 0.05) is 19.7 Å². The largest absolute Gasteiger partial charge is 0.396 e. The quantitative estimate of drug-likeness (QED) is 0.634. The van der Waals surface area contributed by atoms with E-state index in [0.717, 1.165) is 32.4 Å². The number of hydrogen-bond acceptors (Lipinski definition) is 6.